The summed E-state index contributed by atoms with van der Waals surface area (Å²) in [6, 6.07) is 5.45. The molecule has 0 spiro atoms. The Kier molecular flexibility index (Phi) is 6.99. The molecule has 142 valence electrons. The van der Waals surface area contributed by atoms with Crippen molar-refractivity contribution in [3.05, 3.63) is 41.2 Å². The smallest absolute Gasteiger partial charge is 0.254 e. The van der Waals surface area contributed by atoms with Gasteiger partial charge in [0.15, 0.2) is 0 Å². The lowest BCUT2D eigenvalue weighted by Crippen LogP contribution is -2.44. The number of amides is 2. The zero-order valence-electron chi connectivity index (χ0n) is 14.4. The fourth-order valence-corrected chi connectivity index (χ4v) is 2.74. The number of nitrogens with one attached hydrogen (secondary N) is 1. The van der Waals surface area contributed by atoms with Crippen LogP contribution < -0.4 is 15.8 Å². The lowest BCUT2D eigenvalue weighted by atomic mass is 9.98. The second-order valence-electron chi connectivity index (χ2n) is 6.40. The molecule has 26 heavy (non-hydrogen) atoms. The third kappa shape index (κ3) is 4.95. The predicted octanol–water partition coefficient (Wildman–Crippen LogP) is 1.58. The molecule has 6 nitrogen and oxygen atoms in total. The highest BCUT2D eigenvalue weighted by Crippen LogP contribution is 2.24. The Morgan fingerprint density at radius 1 is 1.42 bits per heavy atom. The molecule has 0 unspecified atom stereocenters. The van der Waals surface area contributed by atoms with Gasteiger partial charge >= 0.3 is 0 Å². The topological polar surface area (TPSA) is 84.7 Å². The molecule has 1 heterocycles. The summed E-state index contributed by atoms with van der Waals surface area (Å²) < 4.78 is 18.0. The van der Waals surface area contributed by atoms with Crippen LogP contribution in [0.25, 0.3) is 0 Å². The molecule has 0 atom stereocenters. The van der Waals surface area contributed by atoms with E-state index in [0.717, 1.165) is 18.4 Å². The van der Waals surface area contributed by atoms with Gasteiger partial charge in [-0.2, -0.15) is 0 Å². The first-order chi connectivity index (χ1) is 12.1. The number of hydrogen-bond donors (Lipinski definition) is 2. The summed E-state index contributed by atoms with van der Waals surface area (Å²) in [6.07, 6.45) is 3.15. The second-order valence-corrected chi connectivity index (χ2v) is 6.40. The molecule has 0 bridgehead atoms. The number of halogens is 2. The number of carbonyl (C=O) groups excluding carboxylic acids is 2. The minimum Gasteiger partial charge on any atom is -0.489 e. The Morgan fingerprint density at radius 2 is 2.19 bits per heavy atom. The van der Waals surface area contributed by atoms with Crippen molar-refractivity contribution in [2.75, 3.05) is 26.2 Å². The van der Waals surface area contributed by atoms with Crippen LogP contribution >= 0.6 is 12.4 Å². The fourth-order valence-electron chi connectivity index (χ4n) is 2.74. The van der Waals surface area contributed by atoms with E-state index in [1.165, 1.54) is 0 Å². The number of rotatable bonds is 7. The van der Waals surface area contributed by atoms with Crippen LogP contribution in [0.1, 0.15) is 28.8 Å². The van der Waals surface area contributed by atoms with Gasteiger partial charge in [0.1, 0.15) is 12.4 Å². The molecule has 1 aromatic carbocycles. The van der Waals surface area contributed by atoms with Crippen molar-refractivity contribution in [3.8, 4) is 5.75 Å². The molecule has 2 aliphatic rings. The van der Waals surface area contributed by atoms with Crippen molar-refractivity contribution in [2.24, 2.45) is 5.73 Å². The van der Waals surface area contributed by atoms with Crippen LogP contribution in [0.15, 0.2) is 30.1 Å². The molecule has 1 aromatic rings. The van der Waals surface area contributed by atoms with Crippen LogP contribution in [0.3, 0.4) is 0 Å². The third-order valence-corrected chi connectivity index (χ3v) is 4.36. The zero-order chi connectivity index (χ0) is 17.8. The molecule has 2 amide bonds. The Balaban J connectivity index is 0.00000243. The second kappa shape index (κ2) is 9.00. The molecule has 1 fully saturated rings. The maximum atomic E-state index is 12.6. The first kappa shape index (κ1) is 20.2. The molecule has 0 aromatic heterocycles. The van der Waals surface area contributed by atoms with Crippen LogP contribution in [0.4, 0.5) is 4.39 Å². The standard InChI is InChI=1S/C18H22FN3O3.ClH/c19-8-12(9-20)11-25-15-3-4-16-13(7-15)5-6-22(18(16)24)10-17(23)21-14-1-2-14;/h3-4,7-8,14H,1-2,5-6,9-11,20H2,(H,21,23);1H/b12-8+;. The monoisotopic (exact) mass is 383 g/mol. The summed E-state index contributed by atoms with van der Waals surface area (Å²) in [5.41, 5.74) is 7.21. The Labute approximate surface area is 158 Å². The van der Waals surface area contributed by atoms with E-state index in [0.29, 0.717) is 36.2 Å². The SMILES string of the molecule is Cl.NC/C(=C\F)COc1ccc2c(c1)CCN(CC(=O)NC1CC1)C2=O. The number of carbonyl (C=O) groups is 2. The van der Waals surface area contributed by atoms with E-state index in [4.69, 9.17) is 10.5 Å². The minimum atomic E-state index is -0.148. The number of nitrogens with zero attached hydrogens (tertiary/aromatic N) is 1. The largest absolute Gasteiger partial charge is 0.489 e. The van der Waals surface area contributed by atoms with Gasteiger partial charge in [-0.3, -0.25) is 9.59 Å². The van der Waals surface area contributed by atoms with Crippen LogP contribution in [0.2, 0.25) is 0 Å². The number of ether oxygens (including phenoxy) is 1. The van der Waals surface area contributed by atoms with E-state index < -0.39 is 0 Å². The summed E-state index contributed by atoms with van der Waals surface area (Å²) in [6.45, 7) is 0.755. The summed E-state index contributed by atoms with van der Waals surface area (Å²) in [5.74, 6) is 0.316. The van der Waals surface area contributed by atoms with Crippen molar-refractivity contribution in [3.63, 3.8) is 0 Å². The van der Waals surface area contributed by atoms with E-state index in [1.54, 1.807) is 23.1 Å². The van der Waals surface area contributed by atoms with Gasteiger partial charge in [-0.05, 0) is 43.0 Å². The van der Waals surface area contributed by atoms with E-state index in [9.17, 15) is 14.0 Å². The molecular formula is C18H23ClFN3O3. The van der Waals surface area contributed by atoms with Crippen molar-refractivity contribution in [1.82, 2.24) is 10.2 Å². The average molecular weight is 384 g/mol. The number of nitrogens with two attached hydrogens (primary N) is 1. The number of hydrogen-bond acceptors (Lipinski definition) is 4. The van der Waals surface area contributed by atoms with Crippen LogP contribution in [-0.4, -0.2) is 49.0 Å². The van der Waals surface area contributed by atoms with Crippen molar-refractivity contribution >= 4 is 24.2 Å². The van der Waals surface area contributed by atoms with E-state index >= 15 is 0 Å². The highest BCUT2D eigenvalue weighted by atomic mass is 35.5. The number of fused-ring (bicyclic) bond motifs is 1. The number of benzene rings is 1. The first-order valence-corrected chi connectivity index (χ1v) is 8.43. The quantitative estimate of drug-likeness (QED) is 0.748. The lowest BCUT2D eigenvalue weighted by molar-refractivity contribution is -0.122. The molecule has 1 aliphatic carbocycles. The van der Waals surface area contributed by atoms with Crippen molar-refractivity contribution in [2.45, 2.75) is 25.3 Å². The Morgan fingerprint density at radius 3 is 2.85 bits per heavy atom. The van der Waals surface area contributed by atoms with Crippen LogP contribution in [-0.2, 0) is 11.2 Å². The van der Waals surface area contributed by atoms with E-state index in [1.807, 2.05) is 0 Å². The van der Waals surface area contributed by atoms with Gasteiger partial charge in [0.2, 0.25) is 5.91 Å². The molecule has 3 rings (SSSR count). The minimum absolute atomic E-state index is 0. The maximum absolute atomic E-state index is 12.6. The summed E-state index contributed by atoms with van der Waals surface area (Å²) in [4.78, 5) is 26.0. The average Bonchev–Trinajstić information content (AvgIpc) is 3.42. The third-order valence-electron chi connectivity index (χ3n) is 4.36. The highest BCUT2D eigenvalue weighted by Gasteiger charge is 2.28. The summed E-state index contributed by atoms with van der Waals surface area (Å²) >= 11 is 0. The van der Waals surface area contributed by atoms with Gasteiger partial charge in [0.05, 0.1) is 12.9 Å². The van der Waals surface area contributed by atoms with Crippen LogP contribution in [0.5, 0.6) is 5.75 Å². The van der Waals surface area contributed by atoms with Crippen molar-refractivity contribution < 1.29 is 18.7 Å². The maximum Gasteiger partial charge on any atom is 0.254 e. The van der Waals surface area contributed by atoms with Gasteiger partial charge < -0.3 is 20.7 Å². The van der Waals surface area contributed by atoms with Gasteiger partial charge in [-0.15, -0.1) is 12.4 Å². The molecular weight excluding hydrogens is 361 g/mol. The van der Waals surface area contributed by atoms with E-state index in [2.05, 4.69) is 5.32 Å². The molecule has 0 radical (unpaired) electrons. The van der Waals surface area contributed by atoms with Gasteiger partial charge in [0, 0.05) is 30.3 Å². The Bertz CT molecular complexity index is 707. The fraction of sp³-hybridized carbons (Fsp3) is 0.444. The molecule has 8 heteroatoms. The van der Waals surface area contributed by atoms with Crippen molar-refractivity contribution in [1.29, 1.82) is 0 Å². The Hall–Kier alpha value is -2.12. The van der Waals surface area contributed by atoms with Gasteiger partial charge in [-0.1, -0.05) is 0 Å². The molecule has 1 saturated carbocycles. The normalized spacial score (nSPS) is 16.6. The highest BCUT2D eigenvalue weighted by molar-refractivity contribution is 5.99. The van der Waals surface area contributed by atoms with Gasteiger partial charge in [-0.25, -0.2) is 4.39 Å². The molecule has 1 aliphatic heterocycles. The van der Waals surface area contributed by atoms with E-state index in [-0.39, 0.29) is 50.0 Å². The summed E-state index contributed by atoms with van der Waals surface area (Å²) in [7, 11) is 0. The molecule has 0 saturated heterocycles. The lowest BCUT2D eigenvalue weighted by Gasteiger charge is -2.28. The van der Waals surface area contributed by atoms with Gasteiger partial charge in [0.25, 0.3) is 5.91 Å². The summed E-state index contributed by atoms with van der Waals surface area (Å²) in [5, 5.41) is 2.89. The predicted molar refractivity (Wildman–Crippen MR) is 98.2 cm³/mol. The zero-order valence-corrected chi connectivity index (χ0v) is 15.2. The first-order valence-electron chi connectivity index (χ1n) is 8.43. The molecule has 3 N–H and O–H groups in total. The van der Waals surface area contributed by atoms with Crippen LogP contribution in [0, 0.1) is 0 Å².